The van der Waals surface area contributed by atoms with Crippen LogP contribution in [0.2, 0.25) is 0 Å². The molecular weight excluding hydrogens is 563 g/mol. The minimum Gasteiger partial charge on any atom is -0.472 e. The van der Waals surface area contributed by atoms with Crippen molar-refractivity contribution in [3.8, 4) is 0 Å². The van der Waals surface area contributed by atoms with Crippen molar-refractivity contribution in [1.82, 2.24) is 0 Å². The molecule has 1 saturated heterocycles. The van der Waals surface area contributed by atoms with Crippen LogP contribution in [0.5, 0.6) is 0 Å². The number of carbonyl (C=O) groups excluding carboxylic acids is 3. The van der Waals surface area contributed by atoms with E-state index in [9.17, 15) is 14.4 Å². The number of carbonyl (C=O) groups is 3. The highest BCUT2D eigenvalue weighted by atomic mass is 127. The van der Waals surface area contributed by atoms with E-state index in [0.717, 1.165) is 9.14 Å². The Morgan fingerprint density at radius 2 is 2.06 bits per heavy atom. The van der Waals surface area contributed by atoms with Gasteiger partial charge in [-0.05, 0) is 66.1 Å². The minimum atomic E-state index is -1.04. The molecule has 35 heavy (non-hydrogen) atoms. The first-order valence-electron chi connectivity index (χ1n) is 11.8. The van der Waals surface area contributed by atoms with Crippen molar-refractivity contribution < 1.29 is 33.0 Å². The second-order valence-corrected chi connectivity index (χ2v) is 11.6. The van der Waals surface area contributed by atoms with Crippen molar-refractivity contribution in [1.29, 1.82) is 0 Å². The highest BCUT2D eigenvalue weighted by Gasteiger charge is 2.71. The molecule has 0 aromatic carbocycles. The Labute approximate surface area is 218 Å². The van der Waals surface area contributed by atoms with E-state index in [1.807, 2.05) is 13.0 Å². The Morgan fingerprint density at radius 3 is 2.71 bits per heavy atom. The molecule has 7 nitrogen and oxygen atoms in total. The Hall–Kier alpha value is -2.20. The van der Waals surface area contributed by atoms with Crippen LogP contribution >= 0.6 is 22.6 Å². The summed E-state index contributed by atoms with van der Waals surface area (Å²) in [5.74, 6) is -1.83. The normalized spacial score (nSPS) is 40.2. The van der Waals surface area contributed by atoms with Gasteiger partial charge in [0.25, 0.3) is 0 Å². The fourth-order valence-corrected chi connectivity index (χ4v) is 7.52. The molecule has 186 valence electrons. The highest BCUT2D eigenvalue weighted by Crippen LogP contribution is 2.63. The fraction of sp³-hybridized carbons (Fsp3) is 0.519. The lowest BCUT2D eigenvalue weighted by atomic mass is 9.47. The summed E-state index contributed by atoms with van der Waals surface area (Å²) in [6, 6.07) is 1.96. The smallest absolute Gasteiger partial charge is 0.316 e. The Balaban J connectivity index is 1.53. The van der Waals surface area contributed by atoms with E-state index in [1.165, 1.54) is 18.8 Å². The third-order valence-corrected chi connectivity index (χ3v) is 10.3. The maximum atomic E-state index is 13.4. The number of methoxy groups -OCH3 is 1. The molecule has 0 amide bonds. The van der Waals surface area contributed by atoms with Crippen LogP contribution in [0, 0.1) is 22.7 Å². The van der Waals surface area contributed by atoms with Crippen molar-refractivity contribution >= 4 is 40.3 Å². The molecule has 1 aromatic rings. The van der Waals surface area contributed by atoms with Crippen LogP contribution in [-0.4, -0.2) is 43.1 Å². The summed E-state index contributed by atoms with van der Waals surface area (Å²) in [4.78, 5) is 38.9. The molecule has 1 aromatic heterocycles. The number of furan rings is 1. The number of rotatable bonds is 5. The molecule has 0 bridgehead atoms. The second kappa shape index (κ2) is 8.44. The minimum absolute atomic E-state index is 0.0208. The SMILES string of the molecule is C=C1[C@H](O[C@H]2C[C@@H](c3ccoc3)C(C)=C2I)[C@@H]2OC(=O)[C@]3(C)C=CC(=O)[C@@](C)([C@@H]23)[C@H]1CC(=O)OC. The molecule has 0 unspecified atom stereocenters. The zero-order chi connectivity index (χ0) is 25.3. The van der Waals surface area contributed by atoms with Crippen LogP contribution in [0.1, 0.15) is 45.1 Å². The van der Waals surface area contributed by atoms with Crippen LogP contribution in [0.25, 0.3) is 0 Å². The number of allylic oxidation sites excluding steroid dienone is 2. The maximum Gasteiger partial charge on any atom is 0.316 e. The summed E-state index contributed by atoms with van der Waals surface area (Å²) in [5, 5.41) is 0. The van der Waals surface area contributed by atoms with E-state index in [-0.39, 0.29) is 30.2 Å². The van der Waals surface area contributed by atoms with Gasteiger partial charge in [0, 0.05) is 26.7 Å². The van der Waals surface area contributed by atoms with Gasteiger partial charge in [-0.15, -0.1) is 0 Å². The third-order valence-electron chi connectivity index (χ3n) is 8.74. The predicted molar refractivity (Wildman–Crippen MR) is 134 cm³/mol. The molecule has 0 spiro atoms. The van der Waals surface area contributed by atoms with Crippen LogP contribution in [0.3, 0.4) is 0 Å². The molecule has 5 rings (SSSR count). The van der Waals surface area contributed by atoms with Gasteiger partial charge in [-0.2, -0.15) is 0 Å². The van der Waals surface area contributed by atoms with Gasteiger partial charge in [-0.1, -0.05) is 25.2 Å². The molecule has 0 radical (unpaired) electrons. The van der Waals surface area contributed by atoms with Gasteiger partial charge in [0.05, 0.1) is 37.6 Å². The van der Waals surface area contributed by atoms with Crippen LogP contribution in [0.15, 0.2) is 56.5 Å². The lowest BCUT2D eigenvalue weighted by Crippen LogP contribution is -2.61. The molecule has 3 aliphatic carbocycles. The largest absolute Gasteiger partial charge is 0.472 e. The van der Waals surface area contributed by atoms with Crippen molar-refractivity contribution in [2.75, 3.05) is 7.11 Å². The number of halogens is 1. The molecular formula is C27H29IO7. The summed E-state index contributed by atoms with van der Waals surface area (Å²) >= 11 is 2.32. The summed E-state index contributed by atoms with van der Waals surface area (Å²) in [7, 11) is 1.33. The topological polar surface area (TPSA) is 92.0 Å². The highest BCUT2D eigenvalue weighted by molar-refractivity contribution is 14.1. The summed E-state index contributed by atoms with van der Waals surface area (Å²) in [6.45, 7) is 10.0. The van der Waals surface area contributed by atoms with Gasteiger partial charge >= 0.3 is 11.9 Å². The zero-order valence-corrected chi connectivity index (χ0v) is 22.4. The number of hydrogen-bond acceptors (Lipinski definition) is 7. The standard InChI is InChI=1S/C27H29IO7/c1-13-16(15-7-9-33-12-15)10-18(21(13)28)34-22-14(2)17(11-20(30)32-5)27(4)19(29)6-8-26(3)24(27)23(22)35-25(26)31/h6-9,12,16-18,22-24H,2,10-11H2,1,3-5H3/t16-,17+,18+,22+,23+,24+,26-,27+/m1/s1. The molecule has 0 N–H and O–H groups in total. The number of esters is 2. The lowest BCUT2D eigenvalue weighted by Gasteiger charge is -2.54. The van der Waals surface area contributed by atoms with E-state index in [0.29, 0.717) is 12.0 Å². The zero-order valence-electron chi connectivity index (χ0n) is 20.2. The molecule has 2 heterocycles. The Bertz CT molecular complexity index is 1160. The van der Waals surface area contributed by atoms with Crippen molar-refractivity contribution in [3.05, 3.63) is 57.6 Å². The fourth-order valence-electron chi connectivity index (χ4n) is 6.75. The van der Waals surface area contributed by atoms with E-state index >= 15 is 0 Å². The number of hydrogen-bond donors (Lipinski definition) is 0. The quantitative estimate of drug-likeness (QED) is 0.279. The summed E-state index contributed by atoms with van der Waals surface area (Å²) in [6.07, 6.45) is 5.66. The third kappa shape index (κ3) is 3.43. The van der Waals surface area contributed by atoms with Crippen molar-refractivity contribution in [2.45, 2.75) is 57.8 Å². The van der Waals surface area contributed by atoms with E-state index in [2.05, 4.69) is 36.1 Å². The molecule has 1 saturated carbocycles. The first kappa shape index (κ1) is 24.5. The average Bonchev–Trinajstić information content (AvgIpc) is 3.52. The van der Waals surface area contributed by atoms with E-state index < -0.39 is 40.8 Å². The van der Waals surface area contributed by atoms with Crippen molar-refractivity contribution in [3.63, 3.8) is 0 Å². The van der Waals surface area contributed by atoms with Gasteiger partial charge in [0.15, 0.2) is 5.78 Å². The molecule has 4 aliphatic rings. The van der Waals surface area contributed by atoms with Gasteiger partial charge in [-0.25, -0.2) is 0 Å². The predicted octanol–water partition coefficient (Wildman–Crippen LogP) is 4.67. The second-order valence-electron chi connectivity index (χ2n) is 10.4. The van der Waals surface area contributed by atoms with Crippen molar-refractivity contribution in [2.24, 2.45) is 22.7 Å². The van der Waals surface area contributed by atoms with Gasteiger partial charge in [0.2, 0.25) is 0 Å². The first-order chi connectivity index (χ1) is 16.5. The van der Waals surface area contributed by atoms with Crippen LogP contribution in [0.4, 0.5) is 0 Å². The monoisotopic (exact) mass is 592 g/mol. The number of ether oxygens (including phenoxy) is 3. The molecule has 2 fully saturated rings. The van der Waals surface area contributed by atoms with Crippen LogP contribution in [-0.2, 0) is 28.6 Å². The summed E-state index contributed by atoms with van der Waals surface area (Å²) in [5.41, 5.74) is 0.855. The molecule has 8 atom stereocenters. The van der Waals surface area contributed by atoms with Gasteiger partial charge < -0.3 is 18.6 Å². The summed E-state index contributed by atoms with van der Waals surface area (Å²) < 4.78 is 24.0. The maximum absolute atomic E-state index is 13.4. The van der Waals surface area contributed by atoms with E-state index in [4.69, 9.17) is 18.6 Å². The van der Waals surface area contributed by atoms with Gasteiger partial charge in [0.1, 0.15) is 12.2 Å². The van der Waals surface area contributed by atoms with Crippen LogP contribution < -0.4 is 0 Å². The first-order valence-corrected chi connectivity index (χ1v) is 12.9. The Morgan fingerprint density at radius 1 is 1.31 bits per heavy atom. The molecule has 1 aliphatic heterocycles. The molecule has 8 heteroatoms. The number of ketones is 1. The lowest BCUT2D eigenvalue weighted by molar-refractivity contribution is -0.161. The average molecular weight is 592 g/mol. The Kier molecular flexibility index (Phi) is 5.90. The van der Waals surface area contributed by atoms with Gasteiger partial charge in [-0.3, -0.25) is 14.4 Å². The van der Waals surface area contributed by atoms with E-state index in [1.54, 1.807) is 25.5 Å².